The van der Waals surface area contributed by atoms with E-state index in [4.69, 9.17) is 14.7 Å². The lowest BCUT2D eigenvalue weighted by molar-refractivity contribution is -0.126. The summed E-state index contributed by atoms with van der Waals surface area (Å²) in [4.78, 5) is 14.6. The van der Waals surface area contributed by atoms with E-state index in [1.807, 2.05) is 12.1 Å². The van der Waals surface area contributed by atoms with E-state index in [9.17, 15) is 22.4 Å². The Kier molecular flexibility index (Phi) is 11.3. The Labute approximate surface area is 257 Å². The van der Waals surface area contributed by atoms with Crippen LogP contribution in [-0.4, -0.2) is 76.6 Å². The molecule has 44 heavy (non-hydrogen) atoms. The van der Waals surface area contributed by atoms with E-state index in [2.05, 4.69) is 32.7 Å². The van der Waals surface area contributed by atoms with Crippen molar-refractivity contribution in [3.8, 4) is 23.7 Å². The Morgan fingerprint density at radius 1 is 1.20 bits per heavy atom. The second kappa shape index (κ2) is 15.1. The molecule has 1 aromatic heterocycles. The molecule has 1 fully saturated rings. The summed E-state index contributed by atoms with van der Waals surface area (Å²) in [5, 5.41) is 18.2. The molecule has 0 saturated carbocycles. The average Bonchev–Trinajstić information content (AvgIpc) is 3.34. The normalized spacial score (nSPS) is 14.0. The van der Waals surface area contributed by atoms with Gasteiger partial charge in [0, 0.05) is 45.9 Å². The van der Waals surface area contributed by atoms with Crippen LogP contribution in [0.25, 0.3) is 10.1 Å². The summed E-state index contributed by atoms with van der Waals surface area (Å²) in [6.07, 6.45) is -3.74. The standard InChI is InChI=1S/C31H33F4N5O3S/c1-37-30(41)22-17-27(43-15-10-36)26(18-24(22)32)38-11-4-7-28-23(19-31(33,34)35)21-5-3-6-25(29(21)44-28)39-20-8-12-40(13-9-20)14-16-42-2/h3,5-6,17-18,20,38-39H,8-9,11-16,19H2,1-2H3,(H,37,41). The van der Waals surface area contributed by atoms with Crippen LogP contribution in [0.5, 0.6) is 5.75 Å². The number of amides is 1. The first-order valence-electron chi connectivity index (χ1n) is 14.0. The Bertz CT molecular complexity index is 1570. The predicted molar refractivity (Wildman–Crippen MR) is 163 cm³/mol. The van der Waals surface area contributed by atoms with Crippen LogP contribution in [0.2, 0.25) is 0 Å². The number of carbonyl (C=O) groups excluding carboxylic acids is 1. The predicted octanol–water partition coefficient (Wildman–Crippen LogP) is 5.39. The number of fused-ring (bicyclic) bond motifs is 1. The third-order valence-corrected chi connectivity index (χ3v) is 8.35. The summed E-state index contributed by atoms with van der Waals surface area (Å²) in [5.41, 5.74) is 0.775. The summed E-state index contributed by atoms with van der Waals surface area (Å²) >= 11 is 1.21. The molecule has 4 rings (SSSR count). The maximum Gasteiger partial charge on any atom is 0.393 e. The molecule has 3 N–H and O–H groups in total. The number of benzene rings is 2. The van der Waals surface area contributed by atoms with Gasteiger partial charge in [0.1, 0.15) is 17.6 Å². The number of anilines is 2. The van der Waals surface area contributed by atoms with Crippen molar-refractivity contribution < 1.29 is 31.8 Å². The Morgan fingerprint density at radius 3 is 2.66 bits per heavy atom. The molecule has 234 valence electrons. The molecule has 2 aromatic carbocycles. The maximum absolute atomic E-state index is 14.6. The number of carbonyl (C=O) groups is 1. The Hall–Kier alpha value is -4.04. The zero-order valence-corrected chi connectivity index (χ0v) is 25.2. The lowest BCUT2D eigenvalue weighted by Gasteiger charge is -2.32. The van der Waals surface area contributed by atoms with Gasteiger partial charge in [-0.25, -0.2) is 4.39 Å². The first-order chi connectivity index (χ1) is 21.1. The molecule has 1 amide bonds. The number of alkyl halides is 3. The minimum atomic E-state index is -4.43. The van der Waals surface area contributed by atoms with E-state index < -0.39 is 24.3 Å². The van der Waals surface area contributed by atoms with E-state index in [0.29, 0.717) is 21.6 Å². The van der Waals surface area contributed by atoms with E-state index in [0.717, 1.165) is 44.2 Å². The van der Waals surface area contributed by atoms with Crippen LogP contribution in [0, 0.1) is 29.0 Å². The molecule has 0 bridgehead atoms. The molecular weight excluding hydrogens is 598 g/mol. The van der Waals surface area contributed by atoms with Gasteiger partial charge in [-0.1, -0.05) is 24.0 Å². The van der Waals surface area contributed by atoms with Gasteiger partial charge in [-0.2, -0.15) is 18.4 Å². The number of thiophene rings is 1. The molecule has 1 saturated heterocycles. The molecular formula is C31H33F4N5O3S. The van der Waals surface area contributed by atoms with E-state index in [-0.39, 0.29) is 41.8 Å². The van der Waals surface area contributed by atoms with Crippen LogP contribution < -0.4 is 20.7 Å². The molecule has 0 atom stereocenters. The van der Waals surface area contributed by atoms with Gasteiger partial charge in [0.2, 0.25) is 0 Å². The highest BCUT2D eigenvalue weighted by Crippen LogP contribution is 2.39. The van der Waals surface area contributed by atoms with Crippen molar-refractivity contribution >= 4 is 38.7 Å². The highest BCUT2D eigenvalue weighted by atomic mass is 32.1. The monoisotopic (exact) mass is 631 g/mol. The van der Waals surface area contributed by atoms with Crippen molar-refractivity contribution in [2.45, 2.75) is 31.5 Å². The fraction of sp³-hybridized carbons (Fsp3) is 0.419. The summed E-state index contributed by atoms with van der Waals surface area (Å²) in [6.45, 7) is 2.95. The van der Waals surface area contributed by atoms with E-state index in [1.54, 1.807) is 19.2 Å². The van der Waals surface area contributed by atoms with Gasteiger partial charge in [-0.3, -0.25) is 4.79 Å². The zero-order valence-electron chi connectivity index (χ0n) is 24.4. The van der Waals surface area contributed by atoms with Crippen molar-refractivity contribution in [1.29, 1.82) is 5.26 Å². The first kappa shape index (κ1) is 32.9. The molecule has 8 nitrogen and oxygen atoms in total. The van der Waals surface area contributed by atoms with Gasteiger partial charge in [-0.05, 0) is 35.9 Å². The van der Waals surface area contributed by atoms with Gasteiger partial charge in [0.15, 0.2) is 6.61 Å². The molecule has 2 heterocycles. The topological polar surface area (TPSA) is 98.6 Å². The van der Waals surface area contributed by atoms with Crippen molar-refractivity contribution in [3.63, 3.8) is 0 Å². The summed E-state index contributed by atoms with van der Waals surface area (Å²) in [5.74, 6) is 4.29. The van der Waals surface area contributed by atoms with Crippen molar-refractivity contribution in [1.82, 2.24) is 10.2 Å². The van der Waals surface area contributed by atoms with Gasteiger partial charge in [0.05, 0.1) is 46.1 Å². The number of methoxy groups -OCH3 is 1. The number of piperidine rings is 1. The Balaban J connectivity index is 1.56. The number of ether oxygens (including phenoxy) is 2. The average molecular weight is 632 g/mol. The van der Waals surface area contributed by atoms with Crippen molar-refractivity contribution in [3.05, 3.63) is 52.2 Å². The van der Waals surface area contributed by atoms with Crippen molar-refractivity contribution in [2.75, 3.05) is 64.2 Å². The van der Waals surface area contributed by atoms with Gasteiger partial charge >= 0.3 is 6.18 Å². The number of hydrogen-bond acceptors (Lipinski definition) is 8. The molecule has 0 spiro atoms. The minimum absolute atomic E-state index is 0.0614. The smallest absolute Gasteiger partial charge is 0.393 e. The number of halogens is 4. The summed E-state index contributed by atoms with van der Waals surface area (Å²) < 4.78 is 66.8. The highest BCUT2D eigenvalue weighted by Gasteiger charge is 2.31. The molecule has 0 unspecified atom stereocenters. The van der Waals surface area contributed by atoms with Crippen LogP contribution in [0.4, 0.5) is 28.9 Å². The van der Waals surface area contributed by atoms with Crippen LogP contribution in [0.1, 0.15) is 33.6 Å². The quantitative estimate of drug-likeness (QED) is 0.193. The maximum atomic E-state index is 14.6. The van der Waals surface area contributed by atoms with Crippen LogP contribution in [-0.2, 0) is 11.2 Å². The van der Waals surface area contributed by atoms with Crippen LogP contribution in [0.3, 0.4) is 0 Å². The minimum Gasteiger partial charge on any atom is -0.477 e. The number of hydrogen-bond donors (Lipinski definition) is 3. The number of likely N-dealkylation sites (tertiary alicyclic amines) is 1. The van der Waals surface area contributed by atoms with E-state index in [1.165, 1.54) is 24.5 Å². The first-order valence-corrected chi connectivity index (χ1v) is 14.8. The van der Waals surface area contributed by atoms with Crippen LogP contribution in [0.15, 0.2) is 30.3 Å². The van der Waals surface area contributed by atoms with Crippen molar-refractivity contribution in [2.24, 2.45) is 0 Å². The Morgan fingerprint density at radius 2 is 1.98 bits per heavy atom. The molecule has 1 aliphatic heterocycles. The second-order valence-electron chi connectivity index (χ2n) is 10.1. The largest absolute Gasteiger partial charge is 0.477 e. The molecule has 13 heteroatoms. The number of rotatable bonds is 11. The van der Waals surface area contributed by atoms with E-state index >= 15 is 0 Å². The van der Waals surface area contributed by atoms with Gasteiger partial charge in [0.25, 0.3) is 5.91 Å². The number of nitrogens with zero attached hydrogens (tertiary/aromatic N) is 2. The third kappa shape index (κ3) is 8.53. The number of nitriles is 1. The third-order valence-electron chi connectivity index (χ3n) is 7.16. The van der Waals surface area contributed by atoms with Gasteiger partial charge in [-0.15, -0.1) is 11.3 Å². The zero-order chi connectivity index (χ0) is 31.7. The highest BCUT2D eigenvalue weighted by molar-refractivity contribution is 7.20. The lowest BCUT2D eigenvalue weighted by atomic mass is 10.0. The molecule has 1 aliphatic rings. The number of nitrogens with one attached hydrogen (secondary N) is 3. The molecule has 0 radical (unpaired) electrons. The fourth-order valence-electron chi connectivity index (χ4n) is 5.00. The SMILES string of the molecule is CNC(=O)c1cc(OCC#N)c(NCC#Cc2sc3c(NC4CCN(CCOC)CC4)cccc3c2CC(F)(F)F)cc1F. The van der Waals surface area contributed by atoms with Gasteiger partial charge < -0.3 is 30.3 Å². The second-order valence-corrected chi connectivity index (χ2v) is 11.2. The summed E-state index contributed by atoms with van der Waals surface area (Å²) in [7, 11) is 3.03. The fourth-order valence-corrected chi connectivity index (χ4v) is 6.17. The molecule has 0 aliphatic carbocycles. The summed E-state index contributed by atoms with van der Waals surface area (Å²) in [6, 6.07) is 9.55. The van der Waals surface area contributed by atoms with Crippen LogP contribution >= 0.6 is 11.3 Å². The molecule has 3 aromatic rings. The lowest BCUT2D eigenvalue weighted by Crippen LogP contribution is -2.40.